The molecule has 3 nitrogen and oxygen atoms in total. The van der Waals surface area contributed by atoms with E-state index in [1.54, 1.807) is 0 Å². The number of hydrogen-bond donors (Lipinski definition) is 1. The Labute approximate surface area is 73.2 Å². The van der Waals surface area contributed by atoms with Crippen LogP contribution in [0.25, 0.3) is 0 Å². The summed E-state index contributed by atoms with van der Waals surface area (Å²) in [6.45, 7) is 4.02. The van der Waals surface area contributed by atoms with Crippen molar-refractivity contribution in [2.45, 2.75) is 13.5 Å². The molecule has 0 aliphatic rings. The van der Waals surface area contributed by atoms with Crippen molar-refractivity contribution in [1.29, 1.82) is 0 Å². The van der Waals surface area contributed by atoms with Gasteiger partial charge >= 0.3 is 0 Å². The molecule has 0 saturated carbocycles. The third kappa shape index (κ3) is 3.39. The van der Waals surface area contributed by atoms with Gasteiger partial charge in [0.15, 0.2) is 0 Å². The van der Waals surface area contributed by atoms with Crippen LogP contribution < -0.4 is 5.32 Å². The molecule has 64 valence electrons. The van der Waals surface area contributed by atoms with Crippen LogP contribution in [-0.2, 0) is 13.6 Å². The molecule has 1 aromatic rings. The molecule has 0 aliphatic heterocycles. The summed E-state index contributed by atoms with van der Waals surface area (Å²) >= 11 is 0. The largest absolute Gasteiger partial charge is 0.313 e. The van der Waals surface area contributed by atoms with E-state index in [1.807, 2.05) is 24.1 Å². The van der Waals surface area contributed by atoms with Crippen molar-refractivity contribution >= 4 is 12.4 Å². The Balaban J connectivity index is 0.000001000. The summed E-state index contributed by atoms with van der Waals surface area (Å²) < 4.78 is 1.81. The third-order valence-corrected chi connectivity index (χ3v) is 1.34. The van der Waals surface area contributed by atoms with E-state index < -0.39 is 0 Å². The van der Waals surface area contributed by atoms with Gasteiger partial charge in [0.25, 0.3) is 0 Å². The fraction of sp³-hybridized carbons (Fsp3) is 0.571. The lowest BCUT2D eigenvalue weighted by Gasteiger charge is -1.94. The first-order valence-corrected chi connectivity index (χ1v) is 3.51. The van der Waals surface area contributed by atoms with E-state index in [0.29, 0.717) is 0 Å². The Hall–Kier alpha value is -0.540. The van der Waals surface area contributed by atoms with Gasteiger partial charge < -0.3 is 5.32 Å². The molecule has 0 aromatic carbocycles. The highest BCUT2D eigenvalue weighted by atomic mass is 35.5. The van der Waals surface area contributed by atoms with E-state index in [0.717, 1.165) is 13.1 Å². The van der Waals surface area contributed by atoms with Gasteiger partial charge in [0.1, 0.15) is 0 Å². The normalized spacial score (nSPS) is 9.27. The number of rotatable bonds is 3. The first-order valence-electron chi connectivity index (χ1n) is 3.51. The smallest absolute Gasteiger partial charge is 0.0534 e. The summed E-state index contributed by atoms with van der Waals surface area (Å²) in [5.41, 5.74) is 1.24. The van der Waals surface area contributed by atoms with Crippen molar-refractivity contribution in [3.05, 3.63) is 18.0 Å². The SMILES string of the molecule is CCNCc1cnn(C)c1.Cl. The summed E-state index contributed by atoms with van der Waals surface area (Å²) in [7, 11) is 1.93. The Kier molecular flexibility index (Phi) is 4.90. The van der Waals surface area contributed by atoms with E-state index in [4.69, 9.17) is 0 Å². The second-order valence-corrected chi connectivity index (χ2v) is 2.30. The topological polar surface area (TPSA) is 29.9 Å². The van der Waals surface area contributed by atoms with Crippen LogP contribution in [0.3, 0.4) is 0 Å². The van der Waals surface area contributed by atoms with Gasteiger partial charge in [0.05, 0.1) is 6.20 Å². The molecule has 0 atom stereocenters. The van der Waals surface area contributed by atoms with Crippen molar-refractivity contribution in [3.63, 3.8) is 0 Å². The van der Waals surface area contributed by atoms with Gasteiger partial charge in [0.2, 0.25) is 0 Å². The van der Waals surface area contributed by atoms with Crippen LogP contribution in [-0.4, -0.2) is 16.3 Å². The summed E-state index contributed by atoms with van der Waals surface area (Å²) in [5, 5.41) is 7.27. The molecule has 0 saturated heterocycles. The molecule has 0 fully saturated rings. The van der Waals surface area contributed by atoms with E-state index >= 15 is 0 Å². The van der Waals surface area contributed by atoms with E-state index in [1.165, 1.54) is 5.56 Å². The van der Waals surface area contributed by atoms with Crippen LogP contribution in [0.15, 0.2) is 12.4 Å². The Bertz CT molecular complexity index is 197. The first kappa shape index (κ1) is 10.5. The standard InChI is InChI=1S/C7H13N3.ClH/c1-3-8-4-7-5-9-10(2)6-7;/h5-6,8H,3-4H2,1-2H3;1H. The van der Waals surface area contributed by atoms with Gasteiger partial charge in [-0.3, -0.25) is 4.68 Å². The summed E-state index contributed by atoms with van der Waals surface area (Å²) in [6, 6.07) is 0. The molecule has 11 heavy (non-hydrogen) atoms. The first-order chi connectivity index (χ1) is 4.83. The highest BCUT2D eigenvalue weighted by molar-refractivity contribution is 5.85. The van der Waals surface area contributed by atoms with Crippen LogP contribution in [0.1, 0.15) is 12.5 Å². The molecular formula is C7H14ClN3. The zero-order valence-corrected chi connectivity index (χ0v) is 7.69. The van der Waals surface area contributed by atoms with Crippen LogP contribution in [0.2, 0.25) is 0 Å². The van der Waals surface area contributed by atoms with Crippen LogP contribution in [0.5, 0.6) is 0 Å². The number of nitrogens with zero attached hydrogens (tertiary/aromatic N) is 2. The number of nitrogens with one attached hydrogen (secondary N) is 1. The number of aryl methyl sites for hydroxylation is 1. The van der Waals surface area contributed by atoms with Gasteiger partial charge in [-0.1, -0.05) is 6.92 Å². The predicted molar refractivity (Wildman–Crippen MR) is 47.8 cm³/mol. The van der Waals surface area contributed by atoms with Crippen LogP contribution in [0.4, 0.5) is 0 Å². The monoisotopic (exact) mass is 175 g/mol. The molecule has 4 heteroatoms. The van der Waals surface area contributed by atoms with Gasteiger partial charge in [-0.15, -0.1) is 12.4 Å². The van der Waals surface area contributed by atoms with Crippen LogP contribution in [0, 0.1) is 0 Å². The van der Waals surface area contributed by atoms with Crippen molar-refractivity contribution in [2.24, 2.45) is 7.05 Å². The fourth-order valence-electron chi connectivity index (χ4n) is 0.832. The Morgan fingerprint density at radius 2 is 2.36 bits per heavy atom. The maximum absolute atomic E-state index is 4.05. The fourth-order valence-corrected chi connectivity index (χ4v) is 0.832. The van der Waals surface area contributed by atoms with Gasteiger partial charge in [0, 0.05) is 25.4 Å². The molecule has 1 aromatic heterocycles. The Morgan fingerprint density at radius 1 is 1.64 bits per heavy atom. The number of halogens is 1. The molecule has 0 amide bonds. The summed E-state index contributed by atoms with van der Waals surface area (Å²) in [4.78, 5) is 0. The summed E-state index contributed by atoms with van der Waals surface area (Å²) in [6.07, 6.45) is 3.89. The maximum Gasteiger partial charge on any atom is 0.0534 e. The van der Waals surface area contributed by atoms with E-state index in [9.17, 15) is 0 Å². The minimum atomic E-state index is 0. The molecular weight excluding hydrogens is 162 g/mol. The van der Waals surface area contributed by atoms with Gasteiger partial charge in [-0.05, 0) is 6.54 Å². The van der Waals surface area contributed by atoms with Gasteiger partial charge in [-0.25, -0.2) is 0 Å². The van der Waals surface area contributed by atoms with Crippen molar-refractivity contribution in [1.82, 2.24) is 15.1 Å². The minimum Gasteiger partial charge on any atom is -0.313 e. The zero-order valence-electron chi connectivity index (χ0n) is 6.87. The zero-order chi connectivity index (χ0) is 7.40. The Morgan fingerprint density at radius 3 is 2.82 bits per heavy atom. The number of aromatic nitrogens is 2. The highest BCUT2D eigenvalue weighted by Gasteiger charge is 1.91. The molecule has 0 spiro atoms. The molecule has 0 aliphatic carbocycles. The average molecular weight is 176 g/mol. The molecule has 1 rings (SSSR count). The lowest BCUT2D eigenvalue weighted by atomic mass is 10.4. The molecule has 0 unspecified atom stereocenters. The van der Waals surface area contributed by atoms with Crippen molar-refractivity contribution < 1.29 is 0 Å². The minimum absolute atomic E-state index is 0. The van der Waals surface area contributed by atoms with Crippen LogP contribution >= 0.6 is 12.4 Å². The lowest BCUT2D eigenvalue weighted by Crippen LogP contribution is -2.10. The molecule has 0 radical (unpaired) electrons. The van der Waals surface area contributed by atoms with E-state index in [-0.39, 0.29) is 12.4 Å². The quantitative estimate of drug-likeness (QED) is 0.742. The van der Waals surface area contributed by atoms with Gasteiger partial charge in [-0.2, -0.15) is 5.10 Å². The molecule has 0 bridgehead atoms. The van der Waals surface area contributed by atoms with E-state index in [2.05, 4.69) is 17.3 Å². The lowest BCUT2D eigenvalue weighted by molar-refractivity contribution is 0.723. The maximum atomic E-state index is 4.05. The average Bonchev–Trinajstić information content (AvgIpc) is 2.31. The molecule has 1 heterocycles. The predicted octanol–water partition coefficient (Wildman–Crippen LogP) is 0.951. The van der Waals surface area contributed by atoms with Crippen molar-refractivity contribution in [3.8, 4) is 0 Å². The van der Waals surface area contributed by atoms with Crippen molar-refractivity contribution in [2.75, 3.05) is 6.54 Å². The number of hydrogen-bond acceptors (Lipinski definition) is 2. The third-order valence-electron chi connectivity index (χ3n) is 1.34. The second kappa shape index (κ2) is 5.16. The molecule has 1 N–H and O–H groups in total. The second-order valence-electron chi connectivity index (χ2n) is 2.30. The highest BCUT2D eigenvalue weighted by Crippen LogP contribution is 1.93. The summed E-state index contributed by atoms with van der Waals surface area (Å²) in [5.74, 6) is 0.